The van der Waals surface area contributed by atoms with E-state index in [1.807, 2.05) is 0 Å². The van der Waals surface area contributed by atoms with Gasteiger partial charge < -0.3 is 16.0 Å². The largest absolute Gasteiger partial charge is 0.355 e. The first kappa shape index (κ1) is 31.9. The molecule has 0 spiro atoms. The van der Waals surface area contributed by atoms with Gasteiger partial charge in [-0.2, -0.15) is 0 Å². The van der Waals surface area contributed by atoms with Crippen LogP contribution in [0.3, 0.4) is 0 Å². The van der Waals surface area contributed by atoms with Gasteiger partial charge in [-0.15, -0.1) is 0 Å². The summed E-state index contributed by atoms with van der Waals surface area (Å²) < 4.78 is 34.7. The van der Waals surface area contributed by atoms with Gasteiger partial charge in [-0.05, 0) is 25.7 Å². The molecule has 3 unspecified atom stereocenters. The lowest BCUT2D eigenvalue weighted by Crippen LogP contribution is -2.28. The summed E-state index contributed by atoms with van der Waals surface area (Å²) in [5, 5.41) is 8.19. The minimum absolute atomic E-state index is 0.0454. The van der Waals surface area contributed by atoms with E-state index in [0.717, 1.165) is 19.3 Å². The SMILES string of the molecule is CCC(=O)NCCS(=O)CCCCC(=O)NCCS(=O)CCCCCC(=O)NCCS(C)=O. The predicted octanol–water partition coefficient (Wildman–Crippen LogP) is 0.352. The number of unbranched alkanes of at least 4 members (excludes halogenated alkanes) is 3. The van der Waals surface area contributed by atoms with Crippen molar-refractivity contribution in [3.8, 4) is 0 Å². The Labute approximate surface area is 205 Å². The first-order valence-corrected chi connectivity index (χ1v) is 16.2. The van der Waals surface area contributed by atoms with Crippen molar-refractivity contribution >= 4 is 50.1 Å². The monoisotopic (exact) mass is 527 g/mol. The van der Waals surface area contributed by atoms with E-state index < -0.39 is 32.4 Å². The number of amides is 3. The number of carbonyl (C=O) groups excluding carboxylic acids is 3. The van der Waals surface area contributed by atoms with Crippen molar-refractivity contribution < 1.29 is 27.0 Å². The molecule has 194 valence electrons. The van der Waals surface area contributed by atoms with Crippen molar-refractivity contribution in [2.75, 3.05) is 54.7 Å². The van der Waals surface area contributed by atoms with Crippen LogP contribution in [-0.4, -0.2) is 85.0 Å². The highest BCUT2D eigenvalue weighted by molar-refractivity contribution is 7.85. The Morgan fingerprint density at radius 1 is 0.576 bits per heavy atom. The second-order valence-electron chi connectivity index (χ2n) is 7.64. The maximum Gasteiger partial charge on any atom is 0.220 e. The molecular weight excluding hydrogens is 486 g/mol. The zero-order chi connectivity index (χ0) is 24.9. The topological polar surface area (TPSA) is 139 Å². The Morgan fingerprint density at radius 2 is 1.00 bits per heavy atom. The Bertz CT molecular complexity index is 661. The predicted molar refractivity (Wildman–Crippen MR) is 136 cm³/mol. The second-order valence-corrected chi connectivity index (χ2v) is 12.6. The van der Waals surface area contributed by atoms with Crippen LogP contribution in [0.25, 0.3) is 0 Å². The molecule has 0 rings (SSSR count). The summed E-state index contributed by atoms with van der Waals surface area (Å²) in [5.41, 5.74) is 0. The molecule has 0 heterocycles. The Hall–Kier alpha value is -1.14. The lowest BCUT2D eigenvalue weighted by molar-refractivity contribution is -0.121. The van der Waals surface area contributed by atoms with E-state index in [1.54, 1.807) is 13.2 Å². The summed E-state index contributed by atoms with van der Waals surface area (Å²) >= 11 is 0. The highest BCUT2D eigenvalue weighted by Crippen LogP contribution is 2.02. The van der Waals surface area contributed by atoms with E-state index in [9.17, 15) is 27.0 Å². The van der Waals surface area contributed by atoms with Crippen LogP contribution >= 0.6 is 0 Å². The quantitative estimate of drug-likeness (QED) is 0.184. The number of hydrogen-bond donors (Lipinski definition) is 3. The molecule has 0 fully saturated rings. The summed E-state index contributed by atoms with van der Waals surface area (Å²) in [5.74, 6) is 2.18. The molecule has 0 aromatic rings. The molecule has 12 heteroatoms. The maximum atomic E-state index is 12.0. The number of carbonyl (C=O) groups is 3. The Balaban J connectivity index is 3.57. The van der Waals surface area contributed by atoms with Crippen molar-refractivity contribution in [3.05, 3.63) is 0 Å². The van der Waals surface area contributed by atoms with Crippen molar-refractivity contribution in [2.45, 2.75) is 58.3 Å². The zero-order valence-corrected chi connectivity index (χ0v) is 22.4. The van der Waals surface area contributed by atoms with E-state index in [1.165, 1.54) is 0 Å². The van der Waals surface area contributed by atoms with Crippen LogP contribution in [0, 0.1) is 0 Å². The minimum Gasteiger partial charge on any atom is -0.355 e. The molecule has 0 saturated carbocycles. The fraction of sp³-hybridized carbons (Fsp3) is 0.857. The highest BCUT2D eigenvalue weighted by Gasteiger charge is 2.06. The molecule has 0 bridgehead atoms. The molecular formula is C21H41N3O6S3. The number of rotatable bonds is 21. The van der Waals surface area contributed by atoms with Gasteiger partial charge in [0.15, 0.2) is 0 Å². The van der Waals surface area contributed by atoms with E-state index in [4.69, 9.17) is 0 Å². The van der Waals surface area contributed by atoms with E-state index in [2.05, 4.69) is 16.0 Å². The molecule has 0 radical (unpaired) electrons. The van der Waals surface area contributed by atoms with Crippen LogP contribution in [-0.2, 0) is 46.8 Å². The molecule has 3 amide bonds. The first-order valence-electron chi connectivity index (χ1n) is 11.5. The lowest BCUT2D eigenvalue weighted by atomic mass is 10.2. The molecule has 0 aliphatic rings. The van der Waals surface area contributed by atoms with Crippen LogP contribution in [0.1, 0.15) is 58.3 Å². The summed E-state index contributed by atoms with van der Waals surface area (Å²) in [6.45, 7) is 2.98. The molecule has 0 aliphatic heterocycles. The summed E-state index contributed by atoms with van der Waals surface area (Å²) in [7, 11) is -2.90. The van der Waals surface area contributed by atoms with Gasteiger partial charge in [-0.25, -0.2) is 0 Å². The van der Waals surface area contributed by atoms with Crippen LogP contribution < -0.4 is 16.0 Å². The lowest BCUT2D eigenvalue weighted by Gasteiger charge is -2.07. The van der Waals surface area contributed by atoms with Gasteiger partial charge in [0.05, 0.1) is 0 Å². The molecule has 0 aliphatic carbocycles. The fourth-order valence-electron chi connectivity index (χ4n) is 2.72. The van der Waals surface area contributed by atoms with E-state index in [-0.39, 0.29) is 17.7 Å². The van der Waals surface area contributed by atoms with Gasteiger partial charge in [0, 0.05) is 106 Å². The molecule has 0 aromatic carbocycles. The van der Waals surface area contributed by atoms with Crippen LogP contribution in [0.5, 0.6) is 0 Å². The molecule has 3 N–H and O–H groups in total. The molecule has 0 saturated heterocycles. The maximum absolute atomic E-state index is 12.0. The van der Waals surface area contributed by atoms with Crippen LogP contribution in [0.2, 0.25) is 0 Å². The van der Waals surface area contributed by atoms with Crippen molar-refractivity contribution in [2.24, 2.45) is 0 Å². The minimum atomic E-state index is -1.00. The third-order valence-corrected chi connectivity index (χ3v) is 8.22. The molecule has 9 nitrogen and oxygen atoms in total. The number of hydrogen-bond acceptors (Lipinski definition) is 6. The average Bonchev–Trinajstić information content (AvgIpc) is 2.76. The van der Waals surface area contributed by atoms with Gasteiger partial charge in [0.25, 0.3) is 0 Å². The van der Waals surface area contributed by atoms with Crippen LogP contribution in [0.15, 0.2) is 0 Å². The fourth-order valence-corrected chi connectivity index (χ4v) is 5.23. The molecule has 0 aromatic heterocycles. The van der Waals surface area contributed by atoms with Crippen molar-refractivity contribution in [1.82, 2.24) is 16.0 Å². The van der Waals surface area contributed by atoms with Crippen molar-refractivity contribution in [3.63, 3.8) is 0 Å². The summed E-state index contributed by atoms with van der Waals surface area (Å²) in [4.78, 5) is 34.5. The standard InChI is InChI=1S/C21H41N3O6S3/c1-3-19(25)22-12-17-33(30)15-8-6-10-21(27)24-13-18-32(29)14-7-4-5-9-20(26)23-11-16-31(2)28/h3-18H2,1-2H3,(H,22,25)(H,23,26)(H,24,27). The third kappa shape index (κ3) is 22.4. The van der Waals surface area contributed by atoms with Crippen LogP contribution in [0.4, 0.5) is 0 Å². The summed E-state index contributed by atoms with van der Waals surface area (Å²) in [6, 6.07) is 0. The van der Waals surface area contributed by atoms with Gasteiger partial charge in [-0.3, -0.25) is 27.0 Å². The first-order chi connectivity index (χ1) is 15.7. The zero-order valence-electron chi connectivity index (χ0n) is 20.0. The van der Waals surface area contributed by atoms with Crippen molar-refractivity contribution in [1.29, 1.82) is 0 Å². The molecule has 33 heavy (non-hydrogen) atoms. The third-order valence-electron chi connectivity index (χ3n) is 4.64. The number of nitrogens with one attached hydrogen (secondary N) is 3. The second kappa shape index (κ2) is 21.4. The summed E-state index contributed by atoms with van der Waals surface area (Å²) in [6.07, 6.45) is 6.44. The average molecular weight is 528 g/mol. The van der Waals surface area contributed by atoms with Gasteiger partial charge in [0.2, 0.25) is 17.7 Å². The normalized spacial score (nSPS) is 13.6. The smallest absolute Gasteiger partial charge is 0.220 e. The molecule has 3 atom stereocenters. The van der Waals surface area contributed by atoms with Gasteiger partial charge in [-0.1, -0.05) is 13.3 Å². The van der Waals surface area contributed by atoms with E-state index in [0.29, 0.717) is 80.5 Å². The van der Waals surface area contributed by atoms with Gasteiger partial charge >= 0.3 is 0 Å². The van der Waals surface area contributed by atoms with Gasteiger partial charge in [0.1, 0.15) is 0 Å². The Kier molecular flexibility index (Phi) is 20.7. The van der Waals surface area contributed by atoms with E-state index >= 15 is 0 Å². The highest BCUT2D eigenvalue weighted by atomic mass is 32.2. The Morgan fingerprint density at radius 3 is 1.48 bits per heavy atom.